The Balaban J connectivity index is 2.02. The lowest BCUT2D eigenvalue weighted by molar-refractivity contribution is -0.124. The number of amides is 1. The van der Waals surface area contributed by atoms with Crippen LogP contribution < -0.4 is 10.6 Å². The first kappa shape index (κ1) is 12.0. The summed E-state index contributed by atoms with van der Waals surface area (Å²) >= 11 is 0. The van der Waals surface area contributed by atoms with E-state index in [0.29, 0.717) is 18.9 Å². The third-order valence-corrected chi connectivity index (χ3v) is 2.78. The van der Waals surface area contributed by atoms with Crippen molar-refractivity contribution < 1.29 is 4.79 Å². The molecule has 94 valence electrons. The van der Waals surface area contributed by atoms with Gasteiger partial charge in [-0.05, 0) is 5.92 Å². The van der Waals surface area contributed by atoms with Crippen molar-refractivity contribution in [1.29, 1.82) is 0 Å². The molecule has 1 aliphatic heterocycles. The number of carbonyl (C=O) groups is 1. The van der Waals surface area contributed by atoms with Gasteiger partial charge in [-0.15, -0.1) is 10.2 Å². The van der Waals surface area contributed by atoms with Crippen LogP contribution in [0.3, 0.4) is 0 Å². The molecule has 1 atom stereocenters. The highest BCUT2D eigenvalue weighted by molar-refractivity contribution is 5.82. The van der Waals surface area contributed by atoms with Crippen LogP contribution in [0.5, 0.6) is 0 Å². The van der Waals surface area contributed by atoms with Crippen molar-refractivity contribution in [3.8, 4) is 0 Å². The van der Waals surface area contributed by atoms with Gasteiger partial charge in [0.1, 0.15) is 12.2 Å². The van der Waals surface area contributed by atoms with Crippen molar-refractivity contribution in [2.24, 2.45) is 5.92 Å². The summed E-state index contributed by atoms with van der Waals surface area (Å²) in [6, 6.07) is -0.182. The van der Waals surface area contributed by atoms with Crippen molar-refractivity contribution in [3.05, 3.63) is 12.2 Å². The van der Waals surface area contributed by atoms with Gasteiger partial charge in [-0.2, -0.15) is 0 Å². The van der Waals surface area contributed by atoms with Crippen LogP contribution >= 0.6 is 0 Å². The van der Waals surface area contributed by atoms with Gasteiger partial charge in [-0.1, -0.05) is 13.8 Å². The molecule has 6 heteroatoms. The summed E-state index contributed by atoms with van der Waals surface area (Å²) in [4.78, 5) is 11.6. The van der Waals surface area contributed by atoms with E-state index < -0.39 is 0 Å². The molecule has 0 radical (unpaired) electrons. The van der Waals surface area contributed by atoms with E-state index in [1.807, 2.05) is 4.57 Å². The molecule has 1 aromatic rings. The van der Waals surface area contributed by atoms with E-state index in [9.17, 15) is 4.79 Å². The molecule has 0 saturated carbocycles. The van der Waals surface area contributed by atoms with Crippen LogP contribution in [0.4, 0.5) is 0 Å². The Hall–Kier alpha value is -1.43. The Labute approximate surface area is 101 Å². The lowest BCUT2D eigenvalue weighted by Crippen LogP contribution is -2.54. The number of piperazine rings is 1. The number of nitrogens with zero attached hydrogens (tertiary/aromatic N) is 3. The van der Waals surface area contributed by atoms with Gasteiger partial charge in [0.25, 0.3) is 0 Å². The molecule has 2 rings (SSSR count). The normalized spacial score (nSPS) is 20.6. The molecule has 0 spiro atoms. The summed E-state index contributed by atoms with van der Waals surface area (Å²) in [6.07, 6.45) is 2.33. The minimum absolute atomic E-state index is 0.0512. The molecule has 0 aromatic carbocycles. The number of hydrogen-bond acceptors (Lipinski definition) is 4. The van der Waals surface area contributed by atoms with Crippen molar-refractivity contribution in [3.63, 3.8) is 0 Å². The molecular weight excluding hydrogens is 218 g/mol. The molecule has 1 unspecified atom stereocenters. The first-order valence-electron chi connectivity index (χ1n) is 6.04. The first-order valence-corrected chi connectivity index (χ1v) is 6.04. The predicted molar refractivity (Wildman–Crippen MR) is 63.4 cm³/mol. The third kappa shape index (κ3) is 3.03. The van der Waals surface area contributed by atoms with Gasteiger partial charge in [0.05, 0.1) is 6.04 Å². The van der Waals surface area contributed by atoms with Crippen LogP contribution in [0.1, 0.15) is 19.7 Å². The third-order valence-electron chi connectivity index (χ3n) is 2.78. The Kier molecular flexibility index (Phi) is 3.73. The molecule has 2 heterocycles. The maximum Gasteiger partial charge on any atom is 0.237 e. The molecule has 1 saturated heterocycles. The average molecular weight is 237 g/mol. The summed E-state index contributed by atoms with van der Waals surface area (Å²) in [5.74, 6) is 1.46. The van der Waals surface area contributed by atoms with Crippen molar-refractivity contribution in [1.82, 2.24) is 25.4 Å². The molecule has 1 fully saturated rings. The van der Waals surface area contributed by atoms with E-state index >= 15 is 0 Å². The van der Waals surface area contributed by atoms with Gasteiger partial charge in [0.2, 0.25) is 5.91 Å². The number of rotatable bonds is 4. The van der Waals surface area contributed by atoms with Gasteiger partial charge in [-0.3, -0.25) is 4.79 Å². The van der Waals surface area contributed by atoms with Gasteiger partial charge in [-0.25, -0.2) is 0 Å². The van der Waals surface area contributed by atoms with E-state index in [4.69, 9.17) is 0 Å². The minimum Gasteiger partial charge on any atom is -0.353 e. The Morgan fingerprint density at radius 3 is 3.06 bits per heavy atom. The van der Waals surface area contributed by atoms with Gasteiger partial charge >= 0.3 is 0 Å². The lowest BCUT2D eigenvalue weighted by Gasteiger charge is -2.23. The molecule has 2 N–H and O–H groups in total. The zero-order valence-corrected chi connectivity index (χ0v) is 10.3. The standard InChI is InChI=1S/C11H19N5O/c1-8(2)6-16-7-14-15-10(16)5-9-11(17)13-4-3-12-9/h7-9,12H,3-6H2,1-2H3,(H,13,17). The second-order valence-electron chi connectivity index (χ2n) is 4.80. The Morgan fingerprint density at radius 1 is 1.53 bits per heavy atom. The number of aromatic nitrogens is 3. The van der Waals surface area contributed by atoms with Crippen LogP contribution in [0.25, 0.3) is 0 Å². The average Bonchev–Trinajstić information content (AvgIpc) is 2.68. The molecule has 6 nitrogen and oxygen atoms in total. The topological polar surface area (TPSA) is 71.8 Å². The SMILES string of the molecule is CC(C)Cn1cnnc1CC1NCCNC1=O. The van der Waals surface area contributed by atoms with Crippen LogP contribution in [0.15, 0.2) is 6.33 Å². The highest BCUT2D eigenvalue weighted by atomic mass is 16.2. The minimum atomic E-state index is -0.182. The Morgan fingerprint density at radius 2 is 2.35 bits per heavy atom. The quantitative estimate of drug-likeness (QED) is 0.745. The second kappa shape index (κ2) is 5.27. The summed E-state index contributed by atoms with van der Waals surface area (Å²) in [5.41, 5.74) is 0. The van der Waals surface area contributed by atoms with Gasteiger partial charge in [0, 0.05) is 26.1 Å². The molecular formula is C11H19N5O. The summed E-state index contributed by atoms with van der Waals surface area (Å²) in [5, 5.41) is 14.1. The molecule has 0 aliphatic carbocycles. The van der Waals surface area contributed by atoms with Crippen molar-refractivity contribution in [2.45, 2.75) is 32.9 Å². The largest absolute Gasteiger partial charge is 0.353 e. The fraction of sp³-hybridized carbons (Fsp3) is 0.727. The fourth-order valence-electron chi connectivity index (χ4n) is 1.98. The van der Waals surface area contributed by atoms with Crippen molar-refractivity contribution in [2.75, 3.05) is 13.1 Å². The maximum absolute atomic E-state index is 11.6. The fourth-order valence-corrected chi connectivity index (χ4v) is 1.98. The molecule has 1 aromatic heterocycles. The van der Waals surface area contributed by atoms with Gasteiger partial charge < -0.3 is 15.2 Å². The highest BCUT2D eigenvalue weighted by Crippen LogP contribution is 2.06. The van der Waals surface area contributed by atoms with E-state index in [0.717, 1.165) is 18.9 Å². The summed E-state index contributed by atoms with van der Waals surface area (Å²) < 4.78 is 2.02. The molecule has 0 bridgehead atoms. The number of hydrogen-bond donors (Lipinski definition) is 2. The summed E-state index contributed by atoms with van der Waals surface area (Å²) in [7, 11) is 0. The van der Waals surface area contributed by atoms with E-state index in [1.54, 1.807) is 6.33 Å². The first-order chi connectivity index (χ1) is 8.16. The Bertz CT molecular complexity index is 387. The van der Waals surface area contributed by atoms with Crippen LogP contribution in [-0.4, -0.2) is 39.8 Å². The van der Waals surface area contributed by atoms with Crippen LogP contribution in [0, 0.1) is 5.92 Å². The molecule has 1 aliphatic rings. The van der Waals surface area contributed by atoms with E-state index in [-0.39, 0.29) is 11.9 Å². The lowest BCUT2D eigenvalue weighted by atomic mass is 10.1. The summed E-state index contributed by atoms with van der Waals surface area (Å²) in [6.45, 7) is 6.70. The van der Waals surface area contributed by atoms with Crippen LogP contribution in [-0.2, 0) is 17.8 Å². The van der Waals surface area contributed by atoms with Gasteiger partial charge in [0.15, 0.2) is 0 Å². The monoisotopic (exact) mass is 237 g/mol. The number of carbonyl (C=O) groups excluding carboxylic acids is 1. The van der Waals surface area contributed by atoms with E-state index in [1.165, 1.54) is 0 Å². The second-order valence-corrected chi connectivity index (χ2v) is 4.80. The zero-order valence-electron chi connectivity index (χ0n) is 10.3. The van der Waals surface area contributed by atoms with Crippen LogP contribution in [0.2, 0.25) is 0 Å². The number of nitrogens with one attached hydrogen (secondary N) is 2. The molecule has 1 amide bonds. The molecule has 17 heavy (non-hydrogen) atoms. The van der Waals surface area contributed by atoms with Crippen molar-refractivity contribution >= 4 is 5.91 Å². The predicted octanol–water partition coefficient (Wildman–Crippen LogP) is -0.435. The smallest absolute Gasteiger partial charge is 0.237 e. The van der Waals surface area contributed by atoms with E-state index in [2.05, 4.69) is 34.7 Å². The highest BCUT2D eigenvalue weighted by Gasteiger charge is 2.23. The zero-order chi connectivity index (χ0) is 12.3. The maximum atomic E-state index is 11.6.